The van der Waals surface area contributed by atoms with Crippen LogP contribution in [-0.4, -0.2) is 49.9 Å². The van der Waals surface area contributed by atoms with E-state index in [2.05, 4.69) is 0 Å². The maximum atomic E-state index is 12.6. The van der Waals surface area contributed by atoms with Crippen molar-refractivity contribution in [3.8, 4) is 0 Å². The van der Waals surface area contributed by atoms with Crippen molar-refractivity contribution in [2.45, 2.75) is 18.9 Å². The molecule has 1 unspecified atom stereocenters. The van der Waals surface area contributed by atoms with E-state index in [1.807, 2.05) is 43.3 Å². The third-order valence-electron chi connectivity index (χ3n) is 4.07. The van der Waals surface area contributed by atoms with Crippen LogP contribution in [0.5, 0.6) is 0 Å². The second-order valence-electron chi connectivity index (χ2n) is 5.55. The summed E-state index contributed by atoms with van der Waals surface area (Å²) in [4.78, 5) is 30.2. The Balaban J connectivity index is 1.98. The van der Waals surface area contributed by atoms with Crippen LogP contribution in [0, 0.1) is 0 Å². The zero-order valence-electron chi connectivity index (χ0n) is 11.9. The monoisotopic (exact) mass is 273 g/mol. The molecule has 0 radical (unpaired) electrons. The highest BCUT2D eigenvalue weighted by atomic mass is 16.2. The first-order chi connectivity index (χ1) is 9.59. The van der Waals surface area contributed by atoms with Gasteiger partial charge < -0.3 is 9.80 Å². The number of hydrogen-bond acceptors (Lipinski definition) is 3. The Bertz CT molecular complexity index is 556. The lowest BCUT2D eigenvalue weighted by Crippen LogP contribution is -2.57. The van der Waals surface area contributed by atoms with Crippen molar-refractivity contribution >= 4 is 23.2 Å². The molecule has 1 aromatic carbocycles. The first-order valence-corrected chi connectivity index (χ1v) is 6.97. The van der Waals surface area contributed by atoms with Crippen molar-refractivity contribution in [3.05, 3.63) is 24.3 Å². The van der Waals surface area contributed by atoms with E-state index in [0.717, 1.165) is 30.8 Å². The van der Waals surface area contributed by atoms with Crippen LogP contribution >= 0.6 is 0 Å². The third kappa shape index (κ3) is 1.94. The van der Waals surface area contributed by atoms with Crippen LogP contribution in [0.15, 0.2) is 24.3 Å². The largest absolute Gasteiger partial charge is 0.376 e. The molecule has 1 atom stereocenters. The Kier molecular flexibility index (Phi) is 3.12. The minimum Gasteiger partial charge on any atom is -0.376 e. The smallest absolute Gasteiger partial charge is 0.250 e. The number of carbonyl (C=O) groups is 2. The van der Waals surface area contributed by atoms with Gasteiger partial charge in [0, 0.05) is 20.6 Å². The second kappa shape index (κ2) is 4.81. The number of rotatable bonds is 2. The Morgan fingerprint density at radius 2 is 1.95 bits per heavy atom. The average Bonchev–Trinajstić information content (AvgIpc) is 2.93. The van der Waals surface area contributed by atoms with Crippen LogP contribution in [-0.2, 0) is 9.59 Å². The van der Waals surface area contributed by atoms with Crippen LogP contribution in [0.2, 0.25) is 0 Å². The zero-order chi connectivity index (χ0) is 14.3. The molecule has 2 heterocycles. The fourth-order valence-corrected chi connectivity index (χ4v) is 3.08. The van der Waals surface area contributed by atoms with Gasteiger partial charge in [0.05, 0.1) is 11.4 Å². The van der Waals surface area contributed by atoms with E-state index in [4.69, 9.17) is 0 Å². The van der Waals surface area contributed by atoms with E-state index in [1.54, 1.807) is 9.80 Å². The lowest BCUT2D eigenvalue weighted by molar-refractivity contribution is -0.140. The standard InChI is InChI=1S/C15H19N3O2/c1-16(2)11-6-3-4-7-12(11)18-10-14(19)17-9-5-8-13(17)15(18)20/h3-4,6-7,13H,5,8-10H2,1-2H3. The first kappa shape index (κ1) is 13.0. The maximum absolute atomic E-state index is 12.6. The maximum Gasteiger partial charge on any atom is 0.250 e. The highest BCUT2D eigenvalue weighted by Crippen LogP contribution is 2.32. The van der Waals surface area contributed by atoms with Gasteiger partial charge in [-0.25, -0.2) is 0 Å². The SMILES string of the molecule is CN(C)c1ccccc1N1CC(=O)N2CCCC2C1=O. The summed E-state index contributed by atoms with van der Waals surface area (Å²) in [6, 6.07) is 7.46. The van der Waals surface area contributed by atoms with Crippen molar-refractivity contribution in [2.24, 2.45) is 0 Å². The second-order valence-corrected chi connectivity index (χ2v) is 5.55. The van der Waals surface area contributed by atoms with E-state index in [1.165, 1.54) is 0 Å². The lowest BCUT2D eigenvalue weighted by Gasteiger charge is -2.37. The summed E-state index contributed by atoms with van der Waals surface area (Å²) in [5, 5.41) is 0. The van der Waals surface area contributed by atoms with Crippen molar-refractivity contribution in [1.29, 1.82) is 0 Å². The molecular formula is C15H19N3O2. The molecule has 0 N–H and O–H groups in total. The number of fused-ring (bicyclic) bond motifs is 1. The molecule has 106 valence electrons. The summed E-state index contributed by atoms with van der Waals surface area (Å²) < 4.78 is 0. The van der Waals surface area contributed by atoms with E-state index >= 15 is 0 Å². The molecule has 3 rings (SSSR count). The molecular weight excluding hydrogens is 254 g/mol. The van der Waals surface area contributed by atoms with Crippen molar-refractivity contribution in [1.82, 2.24) is 4.90 Å². The number of amides is 2. The zero-order valence-corrected chi connectivity index (χ0v) is 11.9. The van der Waals surface area contributed by atoms with Gasteiger partial charge in [0.15, 0.2) is 0 Å². The van der Waals surface area contributed by atoms with Gasteiger partial charge in [-0.2, -0.15) is 0 Å². The Hall–Kier alpha value is -2.04. The molecule has 0 bridgehead atoms. The van der Waals surface area contributed by atoms with Crippen LogP contribution in [0.3, 0.4) is 0 Å². The Morgan fingerprint density at radius 1 is 1.20 bits per heavy atom. The Labute approximate surface area is 118 Å². The van der Waals surface area contributed by atoms with Gasteiger partial charge in [0.1, 0.15) is 12.6 Å². The fourth-order valence-electron chi connectivity index (χ4n) is 3.08. The summed E-state index contributed by atoms with van der Waals surface area (Å²) in [5.41, 5.74) is 1.78. The van der Waals surface area contributed by atoms with Crippen molar-refractivity contribution in [2.75, 3.05) is 37.0 Å². The fraction of sp³-hybridized carbons (Fsp3) is 0.467. The molecule has 0 aromatic heterocycles. The van der Waals surface area contributed by atoms with Gasteiger partial charge >= 0.3 is 0 Å². The summed E-state index contributed by atoms with van der Waals surface area (Å²) in [5.74, 6) is 0.108. The minimum atomic E-state index is -0.258. The number of para-hydroxylation sites is 2. The highest BCUT2D eigenvalue weighted by molar-refractivity contribution is 6.08. The van der Waals surface area contributed by atoms with Gasteiger partial charge in [-0.3, -0.25) is 14.5 Å². The van der Waals surface area contributed by atoms with Crippen LogP contribution in [0.1, 0.15) is 12.8 Å². The number of nitrogens with zero attached hydrogens (tertiary/aromatic N) is 3. The number of carbonyl (C=O) groups excluding carboxylic acids is 2. The van der Waals surface area contributed by atoms with Gasteiger partial charge in [0.25, 0.3) is 0 Å². The molecule has 5 nitrogen and oxygen atoms in total. The summed E-state index contributed by atoms with van der Waals surface area (Å²) in [6.45, 7) is 0.874. The summed E-state index contributed by atoms with van der Waals surface area (Å²) in [7, 11) is 3.88. The number of benzene rings is 1. The predicted octanol–water partition coefficient (Wildman–Crippen LogP) is 1.09. The van der Waals surface area contributed by atoms with Crippen molar-refractivity contribution in [3.63, 3.8) is 0 Å². The molecule has 2 amide bonds. The normalized spacial score (nSPS) is 22.2. The lowest BCUT2D eigenvalue weighted by atomic mass is 10.1. The molecule has 2 aliphatic rings. The minimum absolute atomic E-state index is 0.0522. The van der Waals surface area contributed by atoms with Crippen LogP contribution < -0.4 is 9.80 Å². The predicted molar refractivity (Wildman–Crippen MR) is 77.9 cm³/mol. The van der Waals surface area contributed by atoms with E-state index < -0.39 is 0 Å². The van der Waals surface area contributed by atoms with Gasteiger partial charge in [-0.15, -0.1) is 0 Å². The number of hydrogen-bond donors (Lipinski definition) is 0. The topological polar surface area (TPSA) is 43.9 Å². The molecule has 0 aliphatic carbocycles. The van der Waals surface area contributed by atoms with Gasteiger partial charge in [-0.05, 0) is 25.0 Å². The van der Waals surface area contributed by atoms with Gasteiger partial charge in [-0.1, -0.05) is 12.1 Å². The molecule has 1 aromatic rings. The molecule has 5 heteroatoms. The summed E-state index contributed by atoms with van der Waals surface area (Å²) in [6.07, 6.45) is 1.70. The number of piperazine rings is 1. The van der Waals surface area contributed by atoms with Crippen molar-refractivity contribution < 1.29 is 9.59 Å². The van der Waals surface area contributed by atoms with E-state index in [-0.39, 0.29) is 24.4 Å². The van der Waals surface area contributed by atoms with Crippen LogP contribution in [0.25, 0.3) is 0 Å². The first-order valence-electron chi connectivity index (χ1n) is 6.97. The average molecular weight is 273 g/mol. The summed E-state index contributed by atoms with van der Waals surface area (Å²) >= 11 is 0. The Morgan fingerprint density at radius 3 is 2.70 bits per heavy atom. The molecule has 2 saturated heterocycles. The molecule has 0 spiro atoms. The quantitative estimate of drug-likeness (QED) is 0.810. The molecule has 20 heavy (non-hydrogen) atoms. The third-order valence-corrected chi connectivity index (χ3v) is 4.07. The number of anilines is 2. The van der Waals surface area contributed by atoms with E-state index in [0.29, 0.717) is 0 Å². The highest BCUT2D eigenvalue weighted by Gasteiger charge is 2.42. The van der Waals surface area contributed by atoms with E-state index in [9.17, 15) is 9.59 Å². The molecule has 2 fully saturated rings. The van der Waals surface area contributed by atoms with Gasteiger partial charge in [0.2, 0.25) is 11.8 Å². The molecule has 0 saturated carbocycles. The molecule has 2 aliphatic heterocycles. The van der Waals surface area contributed by atoms with Crippen LogP contribution in [0.4, 0.5) is 11.4 Å².